The van der Waals surface area contributed by atoms with Crippen LogP contribution in [0, 0.1) is 5.92 Å². The Morgan fingerprint density at radius 3 is 2.45 bits per heavy atom. The van der Waals surface area contributed by atoms with Gasteiger partial charge in [-0.25, -0.2) is 17.7 Å². The Bertz CT molecular complexity index is 1360. The second-order valence-electron chi connectivity index (χ2n) is 10.1. The van der Waals surface area contributed by atoms with Gasteiger partial charge in [-0.15, -0.1) is 0 Å². The average molecular weight is 591 g/mol. The molecule has 12 heteroatoms. The normalized spacial score (nSPS) is 17.5. The summed E-state index contributed by atoms with van der Waals surface area (Å²) in [5, 5.41) is 2.58. The van der Waals surface area contributed by atoms with Crippen molar-refractivity contribution in [3.63, 3.8) is 0 Å². The molecule has 10 nitrogen and oxygen atoms in total. The van der Waals surface area contributed by atoms with Crippen LogP contribution in [-0.4, -0.2) is 74.2 Å². The third-order valence-electron chi connectivity index (χ3n) is 6.44. The molecule has 0 unspecified atom stereocenters. The molecule has 3 rings (SSSR count). The number of amidine groups is 1. The second kappa shape index (κ2) is 13.5. The van der Waals surface area contributed by atoms with Gasteiger partial charge in [0.05, 0.1) is 30.5 Å². The molecule has 1 fully saturated rings. The lowest BCUT2D eigenvalue weighted by Gasteiger charge is -2.25. The van der Waals surface area contributed by atoms with Crippen molar-refractivity contribution >= 4 is 50.1 Å². The van der Waals surface area contributed by atoms with Crippen molar-refractivity contribution in [1.29, 1.82) is 0 Å². The van der Waals surface area contributed by atoms with Crippen molar-refractivity contribution in [3.05, 3.63) is 42.5 Å². The molecule has 2 aromatic carbocycles. The molecule has 0 radical (unpaired) electrons. The van der Waals surface area contributed by atoms with Crippen LogP contribution in [0.5, 0.6) is 11.5 Å². The van der Waals surface area contributed by atoms with E-state index in [1.54, 1.807) is 35.2 Å². The minimum absolute atomic E-state index is 0.0780. The van der Waals surface area contributed by atoms with E-state index in [1.165, 1.54) is 52.2 Å². The summed E-state index contributed by atoms with van der Waals surface area (Å²) in [6, 6.07) is 11.2. The minimum atomic E-state index is -3.65. The molecule has 1 aliphatic heterocycles. The summed E-state index contributed by atoms with van der Waals surface area (Å²) in [5.74, 6) is 0.927. The van der Waals surface area contributed by atoms with Gasteiger partial charge in [-0.1, -0.05) is 31.7 Å². The Hall–Kier alpha value is -3.09. The Balaban J connectivity index is 1.89. The van der Waals surface area contributed by atoms with Gasteiger partial charge in [0.1, 0.15) is 16.7 Å². The van der Waals surface area contributed by atoms with Gasteiger partial charge in [0, 0.05) is 32.6 Å². The van der Waals surface area contributed by atoms with Gasteiger partial charge in [-0.3, -0.25) is 14.5 Å². The maximum Gasteiger partial charge on any atom is 0.242 e. The predicted molar refractivity (Wildman–Crippen MR) is 159 cm³/mol. The van der Waals surface area contributed by atoms with E-state index >= 15 is 0 Å². The van der Waals surface area contributed by atoms with E-state index in [0.717, 1.165) is 17.1 Å². The number of hydrogen-bond donors (Lipinski definition) is 1. The van der Waals surface area contributed by atoms with Crippen LogP contribution < -0.4 is 14.8 Å². The van der Waals surface area contributed by atoms with E-state index < -0.39 is 15.3 Å². The van der Waals surface area contributed by atoms with Gasteiger partial charge in [-0.2, -0.15) is 0 Å². The Labute approximate surface area is 241 Å². The molecule has 2 atom stereocenters. The molecular weight excluding hydrogens is 552 g/mol. The lowest BCUT2D eigenvalue weighted by atomic mass is 10.0. The molecule has 1 N–H and O–H groups in total. The molecule has 0 saturated carbocycles. The second-order valence-corrected chi connectivity index (χ2v) is 13.5. The minimum Gasteiger partial charge on any atom is -0.497 e. The van der Waals surface area contributed by atoms with Crippen LogP contribution in [-0.2, 0) is 19.6 Å². The first kappa shape index (κ1) is 31.4. The zero-order valence-electron chi connectivity index (χ0n) is 24.0. The van der Waals surface area contributed by atoms with Gasteiger partial charge >= 0.3 is 0 Å². The van der Waals surface area contributed by atoms with Crippen molar-refractivity contribution < 1.29 is 27.5 Å². The number of ether oxygens (including phenoxy) is 2. The third kappa shape index (κ3) is 7.55. The summed E-state index contributed by atoms with van der Waals surface area (Å²) in [7, 11) is 2.31. The highest BCUT2D eigenvalue weighted by molar-refractivity contribution is 8.15. The summed E-state index contributed by atoms with van der Waals surface area (Å²) in [4.78, 5) is 33.1. The zero-order chi connectivity index (χ0) is 29.6. The first-order valence-corrected chi connectivity index (χ1v) is 15.3. The number of hydrogen-bond acceptors (Lipinski definition) is 8. The number of carbonyl (C=O) groups is 2. The molecule has 0 spiro atoms. The monoisotopic (exact) mass is 590 g/mol. The quantitative estimate of drug-likeness (QED) is 0.379. The van der Waals surface area contributed by atoms with E-state index in [1.807, 2.05) is 6.92 Å². The third-order valence-corrected chi connectivity index (χ3v) is 9.40. The molecule has 1 aliphatic rings. The van der Waals surface area contributed by atoms with Crippen LogP contribution >= 0.6 is 11.8 Å². The topological polar surface area (TPSA) is 118 Å². The number of aliphatic imine (C=N–C) groups is 1. The molecule has 40 heavy (non-hydrogen) atoms. The van der Waals surface area contributed by atoms with Crippen molar-refractivity contribution in [1.82, 2.24) is 9.21 Å². The summed E-state index contributed by atoms with van der Waals surface area (Å²) >= 11 is 1.21. The number of thioether (sulfide) groups is 1. The van der Waals surface area contributed by atoms with Crippen LogP contribution in [0.3, 0.4) is 0 Å². The number of benzene rings is 2. The van der Waals surface area contributed by atoms with Gasteiger partial charge in [0.15, 0.2) is 5.17 Å². The average Bonchev–Trinajstić information content (AvgIpc) is 3.20. The molecule has 2 amide bonds. The first-order chi connectivity index (χ1) is 18.9. The fourth-order valence-electron chi connectivity index (χ4n) is 4.12. The number of carbonyl (C=O) groups excluding carboxylic acids is 2. The highest BCUT2D eigenvalue weighted by Crippen LogP contribution is 2.36. The van der Waals surface area contributed by atoms with E-state index in [9.17, 15) is 18.0 Å². The van der Waals surface area contributed by atoms with Crippen molar-refractivity contribution in [2.24, 2.45) is 10.9 Å². The van der Waals surface area contributed by atoms with Crippen molar-refractivity contribution in [2.75, 3.05) is 33.6 Å². The zero-order valence-corrected chi connectivity index (χ0v) is 25.6. The number of nitrogens with zero attached hydrogens (tertiary/aromatic N) is 3. The van der Waals surface area contributed by atoms with Gasteiger partial charge < -0.3 is 14.8 Å². The summed E-state index contributed by atoms with van der Waals surface area (Å²) < 4.78 is 37.0. The Morgan fingerprint density at radius 2 is 1.82 bits per heavy atom. The van der Waals surface area contributed by atoms with Crippen LogP contribution in [0.2, 0.25) is 0 Å². The maximum atomic E-state index is 13.6. The van der Waals surface area contributed by atoms with E-state index in [2.05, 4.69) is 19.2 Å². The largest absolute Gasteiger partial charge is 0.497 e. The predicted octanol–water partition coefficient (Wildman–Crippen LogP) is 4.74. The van der Waals surface area contributed by atoms with Crippen LogP contribution in [0.15, 0.2) is 52.4 Å². The highest BCUT2D eigenvalue weighted by atomic mass is 32.2. The lowest BCUT2D eigenvalue weighted by Crippen LogP contribution is -2.40. The molecule has 1 heterocycles. The number of nitrogens with one attached hydrogen (secondary N) is 1. The number of anilines is 1. The molecule has 0 aliphatic carbocycles. The Morgan fingerprint density at radius 1 is 1.10 bits per heavy atom. The van der Waals surface area contributed by atoms with Crippen molar-refractivity contribution in [3.8, 4) is 11.5 Å². The number of methoxy groups -OCH3 is 2. The standard InChI is InChI=1S/C28H38N4O6S2/c1-18(2)11-12-19(3)32-27(34)25(17-26(33)30-23-16-21(37-6)13-14-24(23)38-7)39-28(32)29-20-9-8-10-22(15-20)40(35,36)31(4)5/h8-10,13-16,18-19,25H,11-12,17H2,1-7H3,(H,30,33)/t19-,25+/m1/s1. The first-order valence-electron chi connectivity index (χ1n) is 13.0. The molecule has 1 saturated heterocycles. The summed E-state index contributed by atoms with van der Waals surface area (Å²) in [6.07, 6.45) is 1.60. The van der Waals surface area contributed by atoms with Crippen LogP contribution in [0.1, 0.15) is 40.0 Å². The van der Waals surface area contributed by atoms with Crippen LogP contribution in [0.25, 0.3) is 0 Å². The maximum absolute atomic E-state index is 13.6. The summed E-state index contributed by atoms with van der Waals surface area (Å²) in [5.41, 5.74) is 0.850. The van der Waals surface area contributed by atoms with Crippen molar-refractivity contribution in [2.45, 2.75) is 56.2 Å². The van der Waals surface area contributed by atoms with E-state index in [0.29, 0.717) is 34.0 Å². The highest BCUT2D eigenvalue weighted by Gasteiger charge is 2.41. The molecule has 218 valence electrons. The summed E-state index contributed by atoms with van der Waals surface area (Å²) in [6.45, 7) is 6.21. The fraction of sp³-hybridized carbons (Fsp3) is 0.464. The van der Waals surface area contributed by atoms with Crippen LogP contribution in [0.4, 0.5) is 11.4 Å². The fourth-order valence-corrected chi connectivity index (χ4v) is 6.31. The van der Waals surface area contributed by atoms with E-state index in [-0.39, 0.29) is 29.2 Å². The van der Waals surface area contributed by atoms with E-state index in [4.69, 9.17) is 14.5 Å². The molecule has 0 aromatic heterocycles. The SMILES string of the molecule is COc1ccc(OC)c(NC(=O)C[C@@H]2SC(=Nc3cccc(S(=O)(=O)N(C)C)c3)N([C@H](C)CCC(C)C)C2=O)c1. The smallest absolute Gasteiger partial charge is 0.242 e. The lowest BCUT2D eigenvalue weighted by molar-refractivity contribution is -0.129. The van der Waals surface area contributed by atoms with Gasteiger partial charge in [0.25, 0.3) is 0 Å². The molecule has 2 aromatic rings. The molecule has 0 bridgehead atoms. The molecular formula is C28H38N4O6S2. The number of sulfonamides is 1. The Kier molecular flexibility index (Phi) is 10.6. The number of amides is 2. The van der Waals surface area contributed by atoms with Gasteiger partial charge in [0.2, 0.25) is 21.8 Å². The number of rotatable bonds is 12. The van der Waals surface area contributed by atoms with Gasteiger partial charge in [-0.05, 0) is 56.0 Å².